The van der Waals surface area contributed by atoms with E-state index in [9.17, 15) is 0 Å². The Kier molecular flexibility index (Phi) is 2.15. The molecule has 1 heterocycles. The summed E-state index contributed by atoms with van der Waals surface area (Å²) < 4.78 is 5.57. The molecule has 3 aromatic carbocycles. The molecular formula is C17H11NO. The molecule has 0 saturated carbocycles. The monoisotopic (exact) mass is 245 g/mol. The van der Waals surface area contributed by atoms with E-state index in [1.165, 1.54) is 5.39 Å². The maximum absolute atomic E-state index is 5.57. The summed E-state index contributed by atoms with van der Waals surface area (Å²) in [5, 5.41) is 7.58. The lowest BCUT2D eigenvalue weighted by Crippen LogP contribution is -1.77. The van der Waals surface area contributed by atoms with Gasteiger partial charge in [-0.2, -0.15) is 0 Å². The van der Waals surface area contributed by atoms with Gasteiger partial charge in [0, 0.05) is 10.9 Å². The lowest BCUT2D eigenvalue weighted by Gasteiger charge is -1.98. The largest absolute Gasteiger partial charge is 0.355 e. The summed E-state index contributed by atoms with van der Waals surface area (Å²) in [7, 11) is 0. The van der Waals surface area contributed by atoms with Gasteiger partial charge in [0.1, 0.15) is 5.69 Å². The molecular weight excluding hydrogens is 234 g/mol. The van der Waals surface area contributed by atoms with Crippen LogP contribution in [0.1, 0.15) is 0 Å². The van der Waals surface area contributed by atoms with Crippen LogP contribution in [0.5, 0.6) is 0 Å². The molecule has 0 spiro atoms. The Morgan fingerprint density at radius 3 is 2.37 bits per heavy atom. The van der Waals surface area contributed by atoms with Crippen LogP contribution in [0.25, 0.3) is 33.0 Å². The van der Waals surface area contributed by atoms with Crippen molar-refractivity contribution in [3.05, 3.63) is 66.7 Å². The number of benzene rings is 3. The topological polar surface area (TPSA) is 26.0 Å². The Morgan fingerprint density at radius 1 is 0.684 bits per heavy atom. The van der Waals surface area contributed by atoms with Gasteiger partial charge in [0.2, 0.25) is 0 Å². The van der Waals surface area contributed by atoms with Gasteiger partial charge in [0.05, 0.1) is 5.39 Å². The van der Waals surface area contributed by atoms with E-state index >= 15 is 0 Å². The Hall–Kier alpha value is -2.61. The Morgan fingerprint density at radius 2 is 1.47 bits per heavy atom. The minimum atomic E-state index is 0.858. The van der Waals surface area contributed by atoms with Crippen molar-refractivity contribution in [3.8, 4) is 11.3 Å². The van der Waals surface area contributed by atoms with Crippen molar-refractivity contribution in [3.63, 3.8) is 0 Å². The first-order valence-electron chi connectivity index (χ1n) is 6.26. The summed E-state index contributed by atoms with van der Waals surface area (Å²) in [6.45, 7) is 0. The zero-order valence-electron chi connectivity index (χ0n) is 10.2. The second-order valence-electron chi connectivity index (χ2n) is 4.56. The van der Waals surface area contributed by atoms with E-state index in [1.54, 1.807) is 0 Å². The van der Waals surface area contributed by atoms with Crippen LogP contribution in [0.2, 0.25) is 0 Å². The molecule has 0 radical (unpaired) electrons. The molecule has 2 heteroatoms. The molecule has 0 aliphatic heterocycles. The number of hydrogen-bond donors (Lipinski definition) is 0. The molecule has 0 N–H and O–H groups in total. The lowest BCUT2D eigenvalue weighted by molar-refractivity contribution is 0.461. The Labute approximate surface area is 110 Å². The molecule has 19 heavy (non-hydrogen) atoms. The molecule has 0 unspecified atom stereocenters. The number of fused-ring (bicyclic) bond motifs is 3. The van der Waals surface area contributed by atoms with Crippen molar-refractivity contribution >= 4 is 21.7 Å². The van der Waals surface area contributed by atoms with E-state index in [2.05, 4.69) is 29.4 Å². The normalized spacial score (nSPS) is 11.2. The summed E-state index contributed by atoms with van der Waals surface area (Å²) in [5.74, 6) is 0. The highest BCUT2D eigenvalue weighted by molar-refractivity contribution is 6.08. The zero-order chi connectivity index (χ0) is 12.7. The predicted octanol–water partition coefficient (Wildman–Crippen LogP) is 4.65. The molecule has 0 atom stereocenters. The third-order valence-corrected chi connectivity index (χ3v) is 3.41. The first kappa shape index (κ1) is 10.3. The van der Waals surface area contributed by atoms with Gasteiger partial charge in [0.25, 0.3) is 0 Å². The van der Waals surface area contributed by atoms with Gasteiger partial charge in [-0.1, -0.05) is 65.8 Å². The average molecular weight is 245 g/mol. The third kappa shape index (κ3) is 1.54. The molecule has 0 fully saturated rings. The van der Waals surface area contributed by atoms with Crippen molar-refractivity contribution < 1.29 is 4.52 Å². The van der Waals surface area contributed by atoms with Crippen molar-refractivity contribution in [1.82, 2.24) is 5.16 Å². The lowest BCUT2D eigenvalue weighted by atomic mass is 10.0. The summed E-state index contributed by atoms with van der Waals surface area (Å²) in [6.07, 6.45) is 0. The number of rotatable bonds is 1. The van der Waals surface area contributed by atoms with E-state index in [4.69, 9.17) is 4.52 Å². The minimum Gasteiger partial charge on any atom is -0.355 e. The third-order valence-electron chi connectivity index (χ3n) is 3.41. The van der Waals surface area contributed by atoms with E-state index in [1.807, 2.05) is 42.5 Å². The van der Waals surface area contributed by atoms with Gasteiger partial charge in [-0.15, -0.1) is 0 Å². The summed E-state index contributed by atoms with van der Waals surface area (Å²) in [6, 6.07) is 22.5. The van der Waals surface area contributed by atoms with Crippen molar-refractivity contribution in [2.24, 2.45) is 0 Å². The standard InChI is InChI=1S/C17H11NO/c1-2-7-13(8-3-1)16-15-11-10-12-6-4-5-9-14(12)17(15)19-18-16/h1-11H. The van der Waals surface area contributed by atoms with E-state index < -0.39 is 0 Å². The maximum Gasteiger partial charge on any atom is 0.175 e. The van der Waals surface area contributed by atoms with Crippen LogP contribution in [0, 0.1) is 0 Å². The first-order chi connectivity index (χ1) is 9.43. The van der Waals surface area contributed by atoms with Crippen molar-refractivity contribution in [1.29, 1.82) is 0 Å². The summed E-state index contributed by atoms with van der Waals surface area (Å²) in [4.78, 5) is 0. The molecule has 2 nitrogen and oxygen atoms in total. The highest BCUT2D eigenvalue weighted by atomic mass is 16.5. The molecule has 0 aliphatic rings. The molecule has 90 valence electrons. The van der Waals surface area contributed by atoms with Gasteiger partial charge in [-0.3, -0.25) is 0 Å². The Bertz CT molecular complexity index is 862. The highest BCUT2D eigenvalue weighted by Crippen LogP contribution is 2.32. The van der Waals surface area contributed by atoms with Gasteiger partial charge in [-0.25, -0.2) is 0 Å². The average Bonchev–Trinajstić information content (AvgIpc) is 2.92. The first-order valence-corrected chi connectivity index (χ1v) is 6.26. The molecule has 1 aromatic heterocycles. The minimum absolute atomic E-state index is 0.858. The van der Waals surface area contributed by atoms with E-state index in [-0.39, 0.29) is 0 Å². The molecule has 4 aromatic rings. The van der Waals surface area contributed by atoms with E-state index in [0.29, 0.717) is 0 Å². The van der Waals surface area contributed by atoms with Gasteiger partial charge < -0.3 is 4.52 Å². The molecule has 0 amide bonds. The van der Waals surface area contributed by atoms with Crippen LogP contribution in [0.3, 0.4) is 0 Å². The van der Waals surface area contributed by atoms with Crippen LogP contribution in [-0.4, -0.2) is 5.16 Å². The fourth-order valence-corrected chi connectivity index (χ4v) is 2.47. The summed E-state index contributed by atoms with van der Waals surface area (Å²) >= 11 is 0. The quantitative estimate of drug-likeness (QED) is 0.488. The molecule has 4 rings (SSSR count). The number of nitrogens with zero attached hydrogens (tertiary/aromatic N) is 1. The second kappa shape index (κ2) is 3.95. The van der Waals surface area contributed by atoms with Crippen molar-refractivity contribution in [2.75, 3.05) is 0 Å². The SMILES string of the molecule is c1ccc(-c2noc3c2ccc2ccccc23)cc1. The van der Waals surface area contributed by atoms with Crippen LogP contribution >= 0.6 is 0 Å². The highest BCUT2D eigenvalue weighted by Gasteiger charge is 2.12. The van der Waals surface area contributed by atoms with E-state index in [0.717, 1.165) is 27.6 Å². The van der Waals surface area contributed by atoms with Gasteiger partial charge in [-0.05, 0) is 11.5 Å². The van der Waals surface area contributed by atoms with Gasteiger partial charge in [0.15, 0.2) is 5.58 Å². The van der Waals surface area contributed by atoms with Crippen LogP contribution in [0.15, 0.2) is 71.3 Å². The predicted molar refractivity (Wildman–Crippen MR) is 77.0 cm³/mol. The fraction of sp³-hybridized carbons (Fsp3) is 0. The number of hydrogen-bond acceptors (Lipinski definition) is 2. The maximum atomic E-state index is 5.57. The zero-order valence-corrected chi connectivity index (χ0v) is 10.2. The van der Waals surface area contributed by atoms with Gasteiger partial charge >= 0.3 is 0 Å². The number of aromatic nitrogens is 1. The second-order valence-corrected chi connectivity index (χ2v) is 4.56. The summed E-state index contributed by atoms with van der Waals surface area (Å²) in [5.41, 5.74) is 2.84. The Balaban J connectivity index is 2.08. The fourth-order valence-electron chi connectivity index (χ4n) is 2.47. The molecule has 0 aliphatic carbocycles. The van der Waals surface area contributed by atoms with Crippen LogP contribution < -0.4 is 0 Å². The van der Waals surface area contributed by atoms with Crippen LogP contribution in [-0.2, 0) is 0 Å². The molecule has 0 bridgehead atoms. The van der Waals surface area contributed by atoms with Crippen molar-refractivity contribution in [2.45, 2.75) is 0 Å². The smallest absolute Gasteiger partial charge is 0.175 e. The molecule has 0 saturated heterocycles. The van der Waals surface area contributed by atoms with Crippen LogP contribution in [0.4, 0.5) is 0 Å².